The number of fused-ring (bicyclic) bond motifs is 7. The molecule has 0 radical (unpaired) electrons. The normalized spacial score (nSPS) is 26.0. The van der Waals surface area contributed by atoms with Crippen molar-refractivity contribution in [3.63, 3.8) is 0 Å². The van der Waals surface area contributed by atoms with E-state index in [9.17, 15) is 9.59 Å². The van der Waals surface area contributed by atoms with Crippen LogP contribution in [0.1, 0.15) is 36.5 Å². The van der Waals surface area contributed by atoms with Crippen LogP contribution in [-0.4, -0.2) is 49.9 Å². The Kier molecular flexibility index (Phi) is 6.04. The highest BCUT2D eigenvalue weighted by molar-refractivity contribution is 8.00. The molecule has 2 aliphatic carbocycles. The molecular weight excluding hydrogens is 536 g/mol. The Balaban J connectivity index is 1.16. The maximum absolute atomic E-state index is 13.3. The fourth-order valence-corrected chi connectivity index (χ4v) is 9.09. The molecule has 8 heteroatoms. The molecule has 2 aliphatic heterocycles. The van der Waals surface area contributed by atoms with E-state index in [1.807, 2.05) is 54.2 Å². The summed E-state index contributed by atoms with van der Waals surface area (Å²) < 4.78 is 18.6. The van der Waals surface area contributed by atoms with Gasteiger partial charge in [0.05, 0.1) is 24.2 Å². The lowest BCUT2D eigenvalue weighted by Crippen LogP contribution is -2.54. The van der Waals surface area contributed by atoms with E-state index in [1.54, 1.807) is 12.1 Å². The van der Waals surface area contributed by atoms with E-state index in [1.165, 1.54) is 0 Å². The quantitative estimate of drug-likeness (QED) is 0.288. The molecule has 210 valence electrons. The molecule has 2 aromatic carbocycles. The van der Waals surface area contributed by atoms with Crippen molar-refractivity contribution in [3.05, 3.63) is 86.4 Å². The van der Waals surface area contributed by atoms with Crippen LogP contribution in [-0.2, 0) is 4.74 Å². The molecule has 4 aliphatic rings. The van der Waals surface area contributed by atoms with Gasteiger partial charge in [-0.1, -0.05) is 48.9 Å². The van der Waals surface area contributed by atoms with Gasteiger partial charge in [-0.25, -0.2) is 0 Å². The summed E-state index contributed by atoms with van der Waals surface area (Å²) in [6.07, 6.45) is 7.39. The molecule has 4 aromatic rings. The number of morpholine rings is 1. The maximum atomic E-state index is 13.3. The van der Waals surface area contributed by atoms with Gasteiger partial charge in [0, 0.05) is 66.0 Å². The molecule has 2 aromatic heterocycles. The number of anilines is 2. The number of rotatable bonds is 2. The lowest BCUT2D eigenvalue weighted by atomic mass is 9.67. The van der Waals surface area contributed by atoms with Crippen molar-refractivity contribution in [1.29, 1.82) is 0 Å². The van der Waals surface area contributed by atoms with Gasteiger partial charge in [-0.3, -0.25) is 9.59 Å². The minimum Gasteiger partial charge on any atom is -0.444 e. The molecule has 0 bridgehead atoms. The summed E-state index contributed by atoms with van der Waals surface area (Å²) in [5.74, 6) is 3.46. The first-order valence-corrected chi connectivity index (χ1v) is 15.6. The summed E-state index contributed by atoms with van der Waals surface area (Å²) in [5.41, 5.74) is 1.38. The third-order valence-electron chi connectivity index (χ3n) is 9.41. The smallest absolute Gasteiger partial charge is 0.200 e. The summed E-state index contributed by atoms with van der Waals surface area (Å²) in [6, 6.07) is 15.2. The van der Waals surface area contributed by atoms with Crippen LogP contribution in [0.25, 0.3) is 27.8 Å². The van der Waals surface area contributed by atoms with E-state index in [0.29, 0.717) is 41.5 Å². The largest absolute Gasteiger partial charge is 0.444 e. The number of benzene rings is 2. The Morgan fingerprint density at radius 1 is 0.878 bits per heavy atom. The Morgan fingerprint density at radius 2 is 1.71 bits per heavy atom. The molecule has 8 rings (SSSR count). The number of hydrogen-bond donors (Lipinski definition) is 0. The van der Waals surface area contributed by atoms with Gasteiger partial charge in [0.15, 0.2) is 22.6 Å². The summed E-state index contributed by atoms with van der Waals surface area (Å²) in [5, 5.41) is 2.63. The van der Waals surface area contributed by atoms with E-state index in [4.69, 9.17) is 13.6 Å². The van der Waals surface area contributed by atoms with E-state index in [-0.39, 0.29) is 27.4 Å². The fraction of sp³-hybridized carbons (Fsp3) is 0.394. The molecule has 3 fully saturated rings. The summed E-state index contributed by atoms with van der Waals surface area (Å²) in [7, 11) is 0. The highest BCUT2D eigenvalue weighted by Crippen LogP contribution is 2.55. The molecule has 41 heavy (non-hydrogen) atoms. The second-order valence-electron chi connectivity index (χ2n) is 11.7. The van der Waals surface area contributed by atoms with Gasteiger partial charge in [-0.05, 0) is 24.3 Å². The van der Waals surface area contributed by atoms with Gasteiger partial charge < -0.3 is 23.4 Å². The van der Waals surface area contributed by atoms with E-state index < -0.39 is 0 Å². The minimum atomic E-state index is -0.0603. The number of nitrogens with zero attached hydrogens (tertiary/aromatic N) is 2. The topological polar surface area (TPSA) is 76.1 Å². The third kappa shape index (κ3) is 4.14. The molecule has 3 atom stereocenters. The maximum Gasteiger partial charge on any atom is 0.200 e. The van der Waals surface area contributed by atoms with Gasteiger partial charge in [-0.15, -0.1) is 0 Å². The van der Waals surface area contributed by atoms with Crippen LogP contribution < -0.4 is 20.7 Å². The van der Waals surface area contributed by atoms with Crippen molar-refractivity contribution in [2.24, 2.45) is 5.92 Å². The van der Waals surface area contributed by atoms with Gasteiger partial charge >= 0.3 is 0 Å². The molecule has 1 saturated carbocycles. The fourth-order valence-electron chi connectivity index (χ4n) is 7.40. The highest BCUT2D eigenvalue weighted by Gasteiger charge is 2.50. The molecule has 4 heterocycles. The summed E-state index contributed by atoms with van der Waals surface area (Å²) in [4.78, 5) is 30.9. The zero-order valence-electron chi connectivity index (χ0n) is 22.8. The molecule has 7 nitrogen and oxygen atoms in total. The number of thioether (sulfide) groups is 1. The third-order valence-corrected chi connectivity index (χ3v) is 11.0. The molecule has 3 unspecified atom stereocenters. The van der Waals surface area contributed by atoms with E-state index in [0.717, 1.165) is 67.7 Å². The molecule has 1 spiro atoms. The first-order valence-electron chi connectivity index (χ1n) is 14.6. The number of allylic oxidation sites excluding steroid dienone is 1. The van der Waals surface area contributed by atoms with Gasteiger partial charge in [-0.2, -0.15) is 11.8 Å². The highest BCUT2D eigenvalue weighted by atomic mass is 32.2. The summed E-state index contributed by atoms with van der Waals surface area (Å²) in [6.45, 7) is 4.34. The lowest BCUT2D eigenvalue weighted by molar-refractivity contribution is 0.120. The standard InChI is InChI=1S/C33H32N2O5S/c36-27-18-29(34-12-15-38-16-13-34)39-32-23-6-3-11-33(26(23)10-9-25(27)32)20-35(14-17-41-33)30-19-28(37)24-8-7-21-4-1-2-5-22(21)31(24)40-30/h1-2,4-5,7-10,18-19,23,26H,3,6,11-17,20H2. The van der Waals surface area contributed by atoms with E-state index >= 15 is 0 Å². The number of hydrogen-bond acceptors (Lipinski definition) is 8. The Bertz CT molecular complexity index is 1800. The monoisotopic (exact) mass is 568 g/mol. The first-order chi connectivity index (χ1) is 20.1. The van der Waals surface area contributed by atoms with Crippen molar-refractivity contribution >= 4 is 51.3 Å². The van der Waals surface area contributed by atoms with Crippen LogP contribution in [0.5, 0.6) is 0 Å². The summed E-state index contributed by atoms with van der Waals surface area (Å²) >= 11 is 2.03. The first kappa shape index (κ1) is 25.2. The zero-order valence-corrected chi connectivity index (χ0v) is 23.7. The number of ether oxygens (including phenoxy) is 1. The Morgan fingerprint density at radius 3 is 2.61 bits per heavy atom. The van der Waals surface area contributed by atoms with Gasteiger partial charge in [0.25, 0.3) is 0 Å². The van der Waals surface area contributed by atoms with Crippen molar-refractivity contribution in [1.82, 2.24) is 0 Å². The SMILES string of the molecule is O=c1cc(N2CCOCC2)oc2c1C=CC1C2CCCC12CN(c1cc(=O)c3ccc4ccccc4c3o1)CCS2. The zero-order chi connectivity index (χ0) is 27.6. The van der Waals surface area contributed by atoms with Crippen LogP contribution in [0.2, 0.25) is 0 Å². The van der Waals surface area contributed by atoms with Crippen LogP contribution in [0.3, 0.4) is 0 Å². The Labute approximate surface area is 241 Å². The second-order valence-corrected chi connectivity index (χ2v) is 13.2. The van der Waals surface area contributed by atoms with Crippen LogP contribution in [0, 0.1) is 5.92 Å². The average molecular weight is 569 g/mol. The van der Waals surface area contributed by atoms with E-state index in [2.05, 4.69) is 15.9 Å². The van der Waals surface area contributed by atoms with Gasteiger partial charge in [0.1, 0.15) is 11.3 Å². The van der Waals surface area contributed by atoms with Crippen LogP contribution >= 0.6 is 11.8 Å². The second kappa shape index (κ2) is 9.81. The Hall–Kier alpha value is -3.49. The molecule has 0 amide bonds. The van der Waals surface area contributed by atoms with Crippen LogP contribution in [0.4, 0.5) is 11.8 Å². The van der Waals surface area contributed by atoms with Gasteiger partial charge in [0.2, 0.25) is 0 Å². The van der Waals surface area contributed by atoms with Crippen molar-refractivity contribution in [3.8, 4) is 0 Å². The predicted octanol–water partition coefficient (Wildman–Crippen LogP) is 5.64. The average Bonchev–Trinajstić information content (AvgIpc) is 3.01. The molecule has 0 N–H and O–H groups in total. The van der Waals surface area contributed by atoms with Crippen molar-refractivity contribution in [2.45, 2.75) is 29.9 Å². The predicted molar refractivity (Wildman–Crippen MR) is 165 cm³/mol. The van der Waals surface area contributed by atoms with Crippen molar-refractivity contribution in [2.75, 3.05) is 54.9 Å². The van der Waals surface area contributed by atoms with Crippen molar-refractivity contribution < 1.29 is 13.6 Å². The minimum absolute atomic E-state index is 0.00953. The van der Waals surface area contributed by atoms with Crippen LogP contribution in [0.15, 0.2) is 73.0 Å². The molecule has 2 saturated heterocycles. The molecular formula is C33H32N2O5S. The lowest BCUT2D eigenvalue weighted by Gasteiger charge is -2.52.